The Bertz CT molecular complexity index is 436. The van der Waals surface area contributed by atoms with Crippen molar-refractivity contribution in [2.45, 2.75) is 60.0 Å². The van der Waals surface area contributed by atoms with Crippen molar-refractivity contribution >= 4 is 11.9 Å². The van der Waals surface area contributed by atoms with Crippen LogP contribution in [0.4, 0.5) is 4.79 Å². The van der Waals surface area contributed by atoms with E-state index in [-0.39, 0.29) is 29.1 Å². The smallest absolute Gasteiger partial charge is 0.407 e. The van der Waals surface area contributed by atoms with E-state index >= 15 is 0 Å². The van der Waals surface area contributed by atoms with Gasteiger partial charge in [0.1, 0.15) is 11.4 Å². The van der Waals surface area contributed by atoms with Crippen molar-refractivity contribution in [1.29, 1.82) is 0 Å². The molecule has 120 valence electrons. The molecule has 4 heteroatoms. The quantitative estimate of drug-likeness (QED) is 0.868. The van der Waals surface area contributed by atoms with Gasteiger partial charge in [-0.05, 0) is 63.7 Å². The first-order chi connectivity index (χ1) is 9.52. The molecule has 0 radical (unpaired) electrons. The van der Waals surface area contributed by atoms with Crippen LogP contribution in [-0.2, 0) is 9.53 Å². The summed E-state index contributed by atoms with van der Waals surface area (Å²) < 4.78 is 5.27. The minimum atomic E-state index is -0.485. The highest BCUT2D eigenvalue weighted by Gasteiger charge is 2.58. The third-order valence-corrected chi connectivity index (χ3v) is 5.45. The van der Waals surface area contributed by atoms with Crippen LogP contribution in [0.25, 0.3) is 0 Å². The second-order valence-electron chi connectivity index (χ2n) is 8.38. The molecular formula is C17H29NO3. The van der Waals surface area contributed by atoms with Gasteiger partial charge in [-0.25, -0.2) is 4.79 Å². The van der Waals surface area contributed by atoms with Crippen LogP contribution in [0, 0.1) is 29.1 Å². The van der Waals surface area contributed by atoms with Gasteiger partial charge in [0, 0.05) is 12.5 Å². The van der Waals surface area contributed by atoms with Gasteiger partial charge in [0.25, 0.3) is 0 Å². The topological polar surface area (TPSA) is 55.4 Å². The number of fused-ring (bicyclic) bond motifs is 2. The summed E-state index contributed by atoms with van der Waals surface area (Å²) in [4.78, 5) is 23.8. The fourth-order valence-corrected chi connectivity index (χ4v) is 4.26. The number of amides is 1. The molecular weight excluding hydrogens is 266 g/mol. The van der Waals surface area contributed by atoms with Gasteiger partial charge in [0.05, 0.1) is 0 Å². The van der Waals surface area contributed by atoms with E-state index in [2.05, 4.69) is 19.2 Å². The maximum Gasteiger partial charge on any atom is 0.407 e. The molecule has 0 aromatic rings. The molecule has 0 aliphatic heterocycles. The lowest BCUT2D eigenvalue weighted by Crippen LogP contribution is -2.59. The Morgan fingerprint density at radius 1 is 1.24 bits per heavy atom. The van der Waals surface area contributed by atoms with Gasteiger partial charge in [0.15, 0.2) is 0 Å². The highest BCUT2D eigenvalue weighted by Crippen LogP contribution is 2.63. The molecule has 0 aromatic heterocycles. The summed E-state index contributed by atoms with van der Waals surface area (Å²) in [6.45, 7) is 12.3. The summed E-state index contributed by atoms with van der Waals surface area (Å²) in [6, 6.07) is 0. The first kappa shape index (κ1) is 16.3. The molecule has 0 spiro atoms. The lowest BCUT2D eigenvalue weighted by molar-refractivity contribution is -0.156. The number of Topliss-reactive ketones (excluding diaryl/α,β-unsaturated/α-hetero) is 1. The van der Waals surface area contributed by atoms with Crippen molar-refractivity contribution in [3.8, 4) is 0 Å². The summed E-state index contributed by atoms with van der Waals surface area (Å²) in [7, 11) is 0. The number of ketones is 1. The molecule has 4 atom stereocenters. The predicted octanol–water partition coefficient (Wildman–Crippen LogP) is 3.40. The van der Waals surface area contributed by atoms with Crippen molar-refractivity contribution in [3.05, 3.63) is 0 Å². The van der Waals surface area contributed by atoms with Crippen molar-refractivity contribution in [2.24, 2.45) is 29.1 Å². The standard InChI is InChI=1S/C17H29NO3/c1-10(19)14-11(7-12-8-13(14)17(12,5)6)9-18-15(20)21-16(2,3)4/h11-14H,7-9H2,1-6H3,(H,18,20). The molecule has 1 amide bonds. The van der Waals surface area contributed by atoms with Crippen LogP contribution >= 0.6 is 0 Å². The Balaban J connectivity index is 1.95. The van der Waals surface area contributed by atoms with Gasteiger partial charge >= 0.3 is 6.09 Å². The number of nitrogens with one attached hydrogen (secondary N) is 1. The fourth-order valence-electron chi connectivity index (χ4n) is 4.26. The Labute approximate surface area is 128 Å². The average Bonchev–Trinajstić information content (AvgIpc) is 2.33. The molecule has 3 aliphatic rings. The van der Waals surface area contributed by atoms with E-state index in [1.807, 2.05) is 20.8 Å². The Morgan fingerprint density at radius 2 is 1.86 bits per heavy atom. The van der Waals surface area contributed by atoms with Crippen LogP contribution in [0.15, 0.2) is 0 Å². The van der Waals surface area contributed by atoms with E-state index in [9.17, 15) is 9.59 Å². The summed E-state index contributed by atoms with van der Waals surface area (Å²) in [6.07, 6.45) is 1.81. The van der Waals surface area contributed by atoms with E-state index in [0.29, 0.717) is 18.4 Å². The first-order valence-electron chi connectivity index (χ1n) is 7.99. The third-order valence-electron chi connectivity index (χ3n) is 5.45. The SMILES string of the molecule is CC(=O)C1C(CNC(=O)OC(C)(C)C)CC2CC1C2(C)C. The first-order valence-corrected chi connectivity index (χ1v) is 7.99. The van der Waals surface area contributed by atoms with E-state index in [1.165, 1.54) is 6.42 Å². The molecule has 3 fully saturated rings. The maximum atomic E-state index is 12.1. The van der Waals surface area contributed by atoms with Crippen LogP contribution in [0.3, 0.4) is 0 Å². The molecule has 4 nitrogen and oxygen atoms in total. The second kappa shape index (κ2) is 5.29. The molecule has 1 N–H and O–H groups in total. The van der Waals surface area contributed by atoms with Gasteiger partial charge in [-0.15, -0.1) is 0 Å². The lowest BCUT2D eigenvalue weighted by atomic mass is 9.42. The molecule has 3 saturated carbocycles. The summed E-state index contributed by atoms with van der Waals surface area (Å²) in [5, 5.41) is 2.85. The molecule has 2 bridgehead atoms. The molecule has 0 aromatic carbocycles. The Morgan fingerprint density at radius 3 is 2.33 bits per heavy atom. The number of alkyl carbamates (subject to hydrolysis) is 1. The number of hydrogen-bond donors (Lipinski definition) is 1. The molecule has 0 saturated heterocycles. The number of hydrogen-bond acceptors (Lipinski definition) is 3. The summed E-state index contributed by atoms with van der Waals surface area (Å²) in [5.74, 6) is 1.76. The van der Waals surface area contributed by atoms with Crippen LogP contribution in [-0.4, -0.2) is 24.0 Å². The predicted molar refractivity (Wildman–Crippen MR) is 81.9 cm³/mol. The van der Waals surface area contributed by atoms with Crippen LogP contribution in [0.1, 0.15) is 54.4 Å². The minimum absolute atomic E-state index is 0.0833. The molecule has 3 aliphatic carbocycles. The van der Waals surface area contributed by atoms with Crippen molar-refractivity contribution in [1.82, 2.24) is 5.32 Å². The lowest BCUT2D eigenvalue weighted by Gasteiger charge is -2.62. The maximum absolute atomic E-state index is 12.1. The van der Waals surface area contributed by atoms with E-state index < -0.39 is 5.60 Å². The zero-order valence-corrected chi connectivity index (χ0v) is 14.2. The zero-order chi connectivity index (χ0) is 16.0. The molecule has 21 heavy (non-hydrogen) atoms. The molecule has 4 unspecified atom stereocenters. The average molecular weight is 295 g/mol. The minimum Gasteiger partial charge on any atom is -0.444 e. The van der Waals surface area contributed by atoms with Crippen molar-refractivity contribution in [3.63, 3.8) is 0 Å². The van der Waals surface area contributed by atoms with Crippen LogP contribution < -0.4 is 5.32 Å². The largest absolute Gasteiger partial charge is 0.444 e. The molecule has 3 rings (SSSR count). The van der Waals surface area contributed by atoms with Gasteiger partial charge in [-0.3, -0.25) is 4.79 Å². The van der Waals surface area contributed by atoms with Gasteiger partial charge in [-0.2, -0.15) is 0 Å². The van der Waals surface area contributed by atoms with Gasteiger partial charge in [0.2, 0.25) is 0 Å². The van der Waals surface area contributed by atoms with Crippen molar-refractivity contribution < 1.29 is 14.3 Å². The monoisotopic (exact) mass is 295 g/mol. The summed E-state index contributed by atoms with van der Waals surface area (Å²) in [5.41, 5.74) is -0.209. The van der Waals surface area contributed by atoms with Gasteiger partial charge in [-0.1, -0.05) is 13.8 Å². The number of ether oxygens (including phenoxy) is 1. The summed E-state index contributed by atoms with van der Waals surface area (Å²) >= 11 is 0. The second-order valence-corrected chi connectivity index (χ2v) is 8.38. The van der Waals surface area contributed by atoms with E-state index in [0.717, 1.165) is 6.42 Å². The Kier molecular flexibility index (Phi) is 4.11. The normalized spacial score (nSPS) is 33.8. The number of rotatable bonds is 3. The highest BCUT2D eigenvalue weighted by atomic mass is 16.6. The third kappa shape index (κ3) is 3.24. The number of carbonyl (C=O) groups is 2. The van der Waals surface area contributed by atoms with E-state index in [4.69, 9.17) is 4.74 Å². The van der Waals surface area contributed by atoms with Crippen LogP contribution in [0.2, 0.25) is 0 Å². The van der Waals surface area contributed by atoms with Gasteiger partial charge < -0.3 is 10.1 Å². The fraction of sp³-hybridized carbons (Fsp3) is 0.882. The number of carbonyl (C=O) groups excluding carboxylic acids is 2. The highest BCUT2D eigenvalue weighted by molar-refractivity contribution is 5.79. The van der Waals surface area contributed by atoms with Crippen LogP contribution in [0.5, 0.6) is 0 Å². The Hall–Kier alpha value is -1.06. The zero-order valence-electron chi connectivity index (χ0n) is 14.2. The van der Waals surface area contributed by atoms with Crippen molar-refractivity contribution in [2.75, 3.05) is 6.54 Å². The van der Waals surface area contributed by atoms with E-state index in [1.54, 1.807) is 6.92 Å². The molecule has 0 heterocycles.